The third-order valence-electron chi connectivity index (χ3n) is 3.81. The fourth-order valence-electron chi connectivity index (χ4n) is 2.60. The van der Waals surface area contributed by atoms with Gasteiger partial charge in [0.15, 0.2) is 10.8 Å². The molecule has 0 saturated heterocycles. The number of benzene rings is 2. The molecule has 5 nitrogen and oxygen atoms in total. The standard InChI is InChI=1S/C19H14N4OS/c24-18(16-12-25-19(23-16)17-20-9-4-10-21-17)22-11-14-7-3-6-13-5-1-2-8-15(13)14/h1-10,12H,11H2,(H,22,24). The van der Waals surface area contributed by atoms with E-state index in [1.165, 1.54) is 11.3 Å². The summed E-state index contributed by atoms with van der Waals surface area (Å²) >= 11 is 1.36. The summed E-state index contributed by atoms with van der Waals surface area (Å²) in [5.74, 6) is 0.326. The maximum absolute atomic E-state index is 12.4. The van der Waals surface area contributed by atoms with E-state index in [0.29, 0.717) is 23.1 Å². The number of nitrogens with zero attached hydrogens (tertiary/aromatic N) is 3. The number of hydrogen-bond donors (Lipinski definition) is 1. The predicted octanol–water partition coefficient (Wildman–Crippen LogP) is 3.68. The first-order chi connectivity index (χ1) is 12.3. The van der Waals surface area contributed by atoms with Crippen LogP contribution in [0.25, 0.3) is 21.6 Å². The Kier molecular flexibility index (Phi) is 4.18. The molecule has 4 aromatic rings. The van der Waals surface area contributed by atoms with Crippen molar-refractivity contribution in [2.45, 2.75) is 6.54 Å². The fourth-order valence-corrected chi connectivity index (χ4v) is 3.35. The highest BCUT2D eigenvalue weighted by atomic mass is 32.1. The number of nitrogens with one attached hydrogen (secondary N) is 1. The van der Waals surface area contributed by atoms with E-state index in [-0.39, 0.29) is 5.91 Å². The van der Waals surface area contributed by atoms with Crippen molar-refractivity contribution in [1.82, 2.24) is 20.3 Å². The number of carbonyl (C=O) groups excluding carboxylic acids is 1. The molecule has 25 heavy (non-hydrogen) atoms. The van der Waals surface area contributed by atoms with Gasteiger partial charge in [0, 0.05) is 24.3 Å². The number of hydrogen-bond acceptors (Lipinski definition) is 5. The third kappa shape index (κ3) is 3.25. The van der Waals surface area contributed by atoms with Crippen LogP contribution in [0.2, 0.25) is 0 Å². The second-order valence-electron chi connectivity index (χ2n) is 5.43. The molecule has 1 amide bonds. The lowest BCUT2D eigenvalue weighted by atomic mass is 10.0. The first-order valence-electron chi connectivity index (χ1n) is 7.79. The monoisotopic (exact) mass is 346 g/mol. The molecule has 0 aliphatic rings. The summed E-state index contributed by atoms with van der Waals surface area (Å²) < 4.78 is 0. The highest BCUT2D eigenvalue weighted by Gasteiger charge is 2.13. The molecule has 0 aliphatic carbocycles. The molecule has 6 heteroatoms. The van der Waals surface area contributed by atoms with Crippen LogP contribution in [0, 0.1) is 0 Å². The minimum absolute atomic E-state index is 0.202. The first-order valence-corrected chi connectivity index (χ1v) is 8.67. The van der Waals surface area contributed by atoms with E-state index in [4.69, 9.17) is 0 Å². The Hall–Kier alpha value is -3.12. The third-order valence-corrected chi connectivity index (χ3v) is 4.65. The van der Waals surface area contributed by atoms with E-state index in [0.717, 1.165) is 16.3 Å². The van der Waals surface area contributed by atoms with Crippen LogP contribution >= 0.6 is 11.3 Å². The quantitative estimate of drug-likeness (QED) is 0.612. The molecule has 0 spiro atoms. The van der Waals surface area contributed by atoms with Crippen LogP contribution in [-0.2, 0) is 6.54 Å². The number of carbonyl (C=O) groups is 1. The summed E-state index contributed by atoms with van der Waals surface area (Å²) in [5, 5.41) is 7.60. The number of thiazole rings is 1. The van der Waals surface area contributed by atoms with E-state index in [9.17, 15) is 4.79 Å². The highest BCUT2D eigenvalue weighted by Crippen LogP contribution is 2.20. The van der Waals surface area contributed by atoms with Gasteiger partial charge in [-0.25, -0.2) is 15.0 Å². The smallest absolute Gasteiger partial charge is 0.271 e. The van der Waals surface area contributed by atoms with Gasteiger partial charge in [0.1, 0.15) is 5.69 Å². The lowest BCUT2D eigenvalue weighted by molar-refractivity contribution is 0.0947. The van der Waals surface area contributed by atoms with Gasteiger partial charge in [-0.3, -0.25) is 4.79 Å². The number of rotatable bonds is 4. The molecule has 0 radical (unpaired) electrons. The van der Waals surface area contributed by atoms with Gasteiger partial charge in [0.05, 0.1) is 0 Å². The second kappa shape index (κ2) is 6.78. The van der Waals surface area contributed by atoms with Crippen molar-refractivity contribution in [2.24, 2.45) is 0 Å². The molecule has 0 saturated carbocycles. The van der Waals surface area contributed by atoms with Gasteiger partial charge in [-0.1, -0.05) is 42.5 Å². The van der Waals surface area contributed by atoms with Gasteiger partial charge in [0.2, 0.25) is 0 Å². The molecule has 0 bridgehead atoms. The van der Waals surface area contributed by atoms with Crippen LogP contribution in [-0.4, -0.2) is 20.9 Å². The molecule has 2 aromatic heterocycles. The zero-order chi connectivity index (χ0) is 17.1. The van der Waals surface area contributed by atoms with Gasteiger partial charge in [0.25, 0.3) is 5.91 Å². The van der Waals surface area contributed by atoms with Gasteiger partial charge < -0.3 is 5.32 Å². The molecule has 0 unspecified atom stereocenters. The van der Waals surface area contributed by atoms with Crippen LogP contribution in [0.1, 0.15) is 16.1 Å². The molecule has 0 aliphatic heterocycles. The van der Waals surface area contributed by atoms with E-state index < -0.39 is 0 Å². The predicted molar refractivity (Wildman–Crippen MR) is 98.3 cm³/mol. The van der Waals surface area contributed by atoms with Gasteiger partial charge in [-0.05, 0) is 22.4 Å². The van der Waals surface area contributed by atoms with Crippen molar-refractivity contribution in [2.75, 3.05) is 0 Å². The summed E-state index contributed by atoms with van der Waals surface area (Å²) in [6.07, 6.45) is 3.31. The molecule has 2 aromatic carbocycles. The number of fused-ring (bicyclic) bond motifs is 1. The lowest BCUT2D eigenvalue weighted by Gasteiger charge is -2.07. The average Bonchev–Trinajstić information content (AvgIpc) is 3.17. The number of amides is 1. The summed E-state index contributed by atoms with van der Waals surface area (Å²) in [4.78, 5) is 25.0. The summed E-state index contributed by atoms with van der Waals surface area (Å²) in [7, 11) is 0. The minimum atomic E-state index is -0.202. The lowest BCUT2D eigenvalue weighted by Crippen LogP contribution is -2.23. The maximum atomic E-state index is 12.4. The SMILES string of the molecule is O=C(NCc1cccc2ccccc12)c1csc(-c2ncccn2)n1. The van der Waals surface area contributed by atoms with Crippen molar-refractivity contribution >= 4 is 28.0 Å². The van der Waals surface area contributed by atoms with E-state index in [2.05, 4.69) is 38.5 Å². The topological polar surface area (TPSA) is 67.8 Å². The molecule has 122 valence electrons. The van der Waals surface area contributed by atoms with Gasteiger partial charge in [-0.15, -0.1) is 11.3 Å². The van der Waals surface area contributed by atoms with Gasteiger partial charge in [-0.2, -0.15) is 0 Å². The van der Waals surface area contributed by atoms with E-state index >= 15 is 0 Å². The second-order valence-corrected chi connectivity index (χ2v) is 6.29. The van der Waals surface area contributed by atoms with Crippen molar-refractivity contribution in [3.63, 3.8) is 0 Å². The van der Waals surface area contributed by atoms with Crippen molar-refractivity contribution in [1.29, 1.82) is 0 Å². The zero-order valence-electron chi connectivity index (χ0n) is 13.2. The van der Waals surface area contributed by atoms with Crippen molar-refractivity contribution in [3.8, 4) is 10.8 Å². The highest BCUT2D eigenvalue weighted by molar-refractivity contribution is 7.13. The summed E-state index contributed by atoms with van der Waals surface area (Å²) in [6, 6.07) is 16.0. The van der Waals surface area contributed by atoms with Crippen LogP contribution in [0.4, 0.5) is 0 Å². The molecular formula is C19H14N4OS. The first kappa shape index (κ1) is 15.4. The normalized spacial score (nSPS) is 10.7. The molecule has 0 atom stereocenters. The molecule has 0 fully saturated rings. The largest absolute Gasteiger partial charge is 0.347 e. The molecular weight excluding hydrogens is 332 g/mol. The van der Waals surface area contributed by atoms with Crippen LogP contribution in [0.3, 0.4) is 0 Å². The number of aromatic nitrogens is 3. The Morgan fingerprint density at radius 1 is 1.00 bits per heavy atom. The van der Waals surface area contributed by atoms with E-state index in [1.54, 1.807) is 23.8 Å². The fraction of sp³-hybridized carbons (Fsp3) is 0.0526. The van der Waals surface area contributed by atoms with Crippen molar-refractivity contribution < 1.29 is 4.79 Å². The van der Waals surface area contributed by atoms with Gasteiger partial charge >= 0.3 is 0 Å². The molecule has 1 N–H and O–H groups in total. The Morgan fingerprint density at radius 2 is 1.80 bits per heavy atom. The van der Waals surface area contributed by atoms with E-state index in [1.807, 2.05) is 24.3 Å². The van der Waals surface area contributed by atoms with Crippen LogP contribution in [0.5, 0.6) is 0 Å². The Labute approximate surface area is 148 Å². The molecule has 4 rings (SSSR count). The summed E-state index contributed by atoms with van der Waals surface area (Å²) in [6.45, 7) is 0.453. The van der Waals surface area contributed by atoms with Crippen LogP contribution in [0.15, 0.2) is 66.3 Å². The van der Waals surface area contributed by atoms with Crippen LogP contribution < -0.4 is 5.32 Å². The summed E-state index contributed by atoms with van der Waals surface area (Å²) in [5.41, 5.74) is 1.46. The Morgan fingerprint density at radius 3 is 2.68 bits per heavy atom. The maximum Gasteiger partial charge on any atom is 0.271 e. The Bertz CT molecular complexity index is 1020. The van der Waals surface area contributed by atoms with Crippen molar-refractivity contribution in [3.05, 3.63) is 77.6 Å². The minimum Gasteiger partial charge on any atom is -0.347 e. The zero-order valence-corrected chi connectivity index (χ0v) is 14.0. The Balaban J connectivity index is 1.50. The molecule has 2 heterocycles. The average molecular weight is 346 g/mol.